The van der Waals surface area contributed by atoms with Crippen LogP contribution in [0.5, 0.6) is 0 Å². The molecule has 1 heterocycles. The van der Waals surface area contributed by atoms with Crippen molar-refractivity contribution in [3.8, 4) is 0 Å². The second kappa shape index (κ2) is 5.43. The van der Waals surface area contributed by atoms with Crippen molar-refractivity contribution in [2.45, 2.75) is 52.1 Å². The predicted molar refractivity (Wildman–Crippen MR) is 62.2 cm³/mol. The molecule has 1 aromatic heterocycles. The predicted octanol–water partition coefficient (Wildman–Crippen LogP) is 2.11. The lowest BCUT2D eigenvalue weighted by atomic mass is 9.80. The van der Waals surface area contributed by atoms with E-state index in [1.54, 1.807) is 0 Å². The Kier molecular flexibility index (Phi) is 3.93. The maximum absolute atomic E-state index is 5.54. The van der Waals surface area contributed by atoms with Crippen molar-refractivity contribution in [3.05, 3.63) is 11.6 Å². The van der Waals surface area contributed by atoms with Gasteiger partial charge in [-0.3, -0.25) is 5.10 Å². The molecule has 1 aromatic rings. The Bertz CT molecular complexity index is 318. The molecule has 0 saturated heterocycles. The summed E-state index contributed by atoms with van der Waals surface area (Å²) in [5.41, 5.74) is 0. The maximum Gasteiger partial charge on any atom is 0.150 e. The number of nitrogens with zero attached hydrogens (tertiary/aromatic N) is 2. The highest BCUT2D eigenvalue weighted by Crippen LogP contribution is 2.32. The van der Waals surface area contributed by atoms with Gasteiger partial charge >= 0.3 is 0 Å². The van der Waals surface area contributed by atoms with Crippen molar-refractivity contribution in [2.75, 3.05) is 6.61 Å². The van der Waals surface area contributed by atoms with Crippen LogP contribution in [0.3, 0.4) is 0 Å². The van der Waals surface area contributed by atoms with Crippen molar-refractivity contribution in [3.63, 3.8) is 0 Å². The number of hydrogen-bond acceptors (Lipinski definition) is 3. The molecular formula is C12H21N3O. The Labute approximate surface area is 96.8 Å². The molecule has 1 N–H and O–H groups in total. The van der Waals surface area contributed by atoms with Gasteiger partial charge in [0.1, 0.15) is 5.82 Å². The monoisotopic (exact) mass is 223 g/mol. The van der Waals surface area contributed by atoms with E-state index in [4.69, 9.17) is 4.74 Å². The van der Waals surface area contributed by atoms with Crippen LogP contribution >= 0.6 is 0 Å². The molecule has 1 aliphatic carbocycles. The van der Waals surface area contributed by atoms with Crippen molar-refractivity contribution >= 4 is 0 Å². The van der Waals surface area contributed by atoms with Gasteiger partial charge in [0.2, 0.25) is 0 Å². The summed E-state index contributed by atoms with van der Waals surface area (Å²) in [6.07, 6.45) is 5.96. The summed E-state index contributed by atoms with van der Waals surface area (Å²) < 4.78 is 5.54. The summed E-state index contributed by atoms with van der Waals surface area (Å²) in [4.78, 5) is 4.49. The van der Waals surface area contributed by atoms with Gasteiger partial charge in [-0.1, -0.05) is 6.92 Å². The standard InChI is InChI=1S/C12H21N3O/c1-3-5-11-13-12(15-14-11)8-9-6-10(7-9)16-4-2/h9-10H,3-8H2,1-2H3,(H,13,14,15). The normalized spacial score (nSPS) is 24.4. The number of H-pyrrole nitrogens is 1. The molecule has 4 nitrogen and oxygen atoms in total. The second-order valence-electron chi connectivity index (χ2n) is 4.57. The van der Waals surface area contributed by atoms with Crippen LogP contribution in [0, 0.1) is 5.92 Å². The largest absolute Gasteiger partial charge is 0.378 e. The molecule has 16 heavy (non-hydrogen) atoms. The van der Waals surface area contributed by atoms with E-state index in [0.717, 1.165) is 43.4 Å². The van der Waals surface area contributed by atoms with Gasteiger partial charge in [0, 0.05) is 19.4 Å². The molecular weight excluding hydrogens is 202 g/mol. The van der Waals surface area contributed by atoms with E-state index in [-0.39, 0.29) is 0 Å². The van der Waals surface area contributed by atoms with Crippen molar-refractivity contribution < 1.29 is 4.74 Å². The van der Waals surface area contributed by atoms with E-state index >= 15 is 0 Å². The number of aromatic nitrogens is 3. The second-order valence-corrected chi connectivity index (χ2v) is 4.57. The highest BCUT2D eigenvalue weighted by Gasteiger charge is 2.30. The van der Waals surface area contributed by atoms with Crippen LogP contribution < -0.4 is 0 Å². The van der Waals surface area contributed by atoms with Crippen molar-refractivity contribution in [1.82, 2.24) is 15.2 Å². The first kappa shape index (κ1) is 11.6. The summed E-state index contributed by atoms with van der Waals surface area (Å²) in [5, 5.41) is 7.24. The smallest absolute Gasteiger partial charge is 0.150 e. The quantitative estimate of drug-likeness (QED) is 0.803. The highest BCUT2D eigenvalue weighted by molar-refractivity contribution is 4.95. The number of aromatic amines is 1. The lowest BCUT2D eigenvalue weighted by Crippen LogP contribution is -2.32. The average molecular weight is 223 g/mol. The van der Waals surface area contributed by atoms with Crippen LogP contribution in [0.15, 0.2) is 0 Å². The van der Waals surface area contributed by atoms with Gasteiger partial charge in [-0.2, -0.15) is 5.10 Å². The summed E-state index contributed by atoms with van der Waals surface area (Å²) in [6.45, 7) is 5.04. The summed E-state index contributed by atoms with van der Waals surface area (Å²) in [7, 11) is 0. The van der Waals surface area contributed by atoms with Gasteiger partial charge in [0.05, 0.1) is 6.10 Å². The van der Waals surface area contributed by atoms with Gasteiger partial charge in [0.15, 0.2) is 5.82 Å². The number of ether oxygens (including phenoxy) is 1. The topological polar surface area (TPSA) is 50.8 Å². The maximum atomic E-state index is 5.54. The molecule has 0 unspecified atom stereocenters. The summed E-state index contributed by atoms with van der Waals surface area (Å²) in [6, 6.07) is 0. The summed E-state index contributed by atoms with van der Waals surface area (Å²) in [5.74, 6) is 2.74. The minimum atomic E-state index is 0.494. The SMILES string of the molecule is CCCc1n[nH]c(CC2CC(OCC)C2)n1. The van der Waals surface area contributed by atoms with E-state index in [0.29, 0.717) is 6.10 Å². The van der Waals surface area contributed by atoms with E-state index < -0.39 is 0 Å². The van der Waals surface area contributed by atoms with Crippen LogP contribution in [0.4, 0.5) is 0 Å². The van der Waals surface area contributed by atoms with Crippen LogP contribution in [-0.2, 0) is 17.6 Å². The Morgan fingerprint density at radius 3 is 2.88 bits per heavy atom. The Morgan fingerprint density at radius 2 is 2.19 bits per heavy atom. The third-order valence-electron chi connectivity index (χ3n) is 3.13. The molecule has 0 aromatic carbocycles. The molecule has 0 amide bonds. The van der Waals surface area contributed by atoms with Crippen molar-refractivity contribution in [1.29, 1.82) is 0 Å². The fourth-order valence-corrected chi connectivity index (χ4v) is 2.25. The molecule has 0 aliphatic heterocycles. The molecule has 4 heteroatoms. The summed E-state index contributed by atoms with van der Waals surface area (Å²) >= 11 is 0. The Morgan fingerprint density at radius 1 is 1.38 bits per heavy atom. The Hall–Kier alpha value is -0.900. The number of aryl methyl sites for hydroxylation is 1. The zero-order chi connectivity index (χ0) is 11.4. The molecule has 0 atom stereocenters. The van der Waals surface area contributed by atoms with Gasteiger partial charge < -0.3 is 4.74 Å². The fourth-order valence-electron chi connectivity index (χ4n) is 2.25. The molecule has 1 fully saturated rings. The van der Waals surface area contributed by atoms with E-state index in [2.05, 4.69) is 29.0 Å². The van der Waals surface area contributed by atoms with E-state index in [1.807, 2.05) is 0 Å². The average Bonchev–Trinajstić information content (AvgIpc) is 2.63. The lowest BCUT2D eigenvalue weighted by molar-refractivity contribution is -0.0245. The highest BCUT2D eigenvalue weighted by atomic mass is 16.5. The third kappa shape index (κ3) is 2.82. The lowest BCUT2D eigenvalue weighted by Gasteiger charge is -2.34. The third-order valence-corrected chi connectivity index (χ3v) is 3.13. The van der Waals surface area contributed by atoms with Crippen LogP contribution in [0.1, 0.15) is 44.8 Å². The molecule has 2 rings (SSSR count). The molecule has 1 aliphatic rings. The molecule has 0 bridgehead atoms. The van der Waals surface area contributed by atoms with Gasteiger partial charge in [-0.15, -0.1) is 0 Å². The van der Waals surface area contributed by atoms with Gasteiger partial charge in [0.25, 0.3) is 0 Å². The molecule has 1 saturated carbocycles. The zero-order valence-corrected chi connectivity index (χ0v) is 10.2. The molecule has 90 valence electrons. The first-order valence-corrected chi connectivity index (χ1v) is 6.33. The minimum Gasteiger partial charge on any atom is -0.378 e. The van der Waals surface area contributed by atoms with Gasteiger partial charge in [-0.25, -0.2) is 4.98 Å². The van der Waals surface area contributed by atoms with Crippen LogP contribution in [-0.4, -0.2) is 27.9 Å². The first-order chi connectivity index (χ1) is 7.81. The first-order valence-electron chi connectivity index (χ1n) is 6.33. The minimum absolute atomic E-state index is 0.494. The van der Waals surface area contributed by atoms with E-state index in [1.165, 1.54) is 12.8 Å². The molecule has 0 spiro atoms. The number of nitrogens with one attached hydrogen (secondary N) is 1. The number of hydrogen-bond donors (Lipinski definition) is 1. The van der Waals surface area contributed by atoms with Gasteiger partial charge in [-0.05, 0) is 32.1 Å². The zero-order valence-electron chi connectivity index (χ0n) is 10.2. The fraction of sp³-hybridized carbons (Fsp3) is 0.833. The Balaban J connectivity index is 1.73. The molecule has 0 radical (unpaired) electrons. The van der Waals surface area contributed by atoms with E-state index in [9.17, 15) is 0 Å². The van der Waals surface area contributed by atoms with Crippen LogP contribution in [0.2, 0.25) is 0 Å². The number of rotatable bonds is 6. The van der Waals surface area contributed by atoms with Crippen molar-refractivity contribution in [2.24, 2.45) is 5.92 Å². The van der Waals surface area contributed by atoms with Crippen LogP contribution in [0.25, 0.3) is 0 Å².